The van der Waals surface area contributed by atoms with Crippen LogP contribution < -0.4 is 0 Å². The normalized spacial score (nSPS) is 16.3. The molecule has 33 heavy (non-hydrogen) atoms. The Morgan fingerprint density at radius 3 is 2.67 bits per heavy atom. The minimum Gasteiger partial charge on any atom is -0.467 e. The summed E-state index contributed by atoms with van der Waals surface area (Å²) in [6.07, 6.45) is 3.36. The fourth-order valence-corrected chi connectivity index (χ4v) is 5.09. The van der Waals surface area contributed by atoms with Crippen LogP contribution in [0.5, 0.6) is 0 Å². The molecule has 0 unspecified atom stereocenters. The monoisotopic (exact) mass is 518 g/mol. The van der Waals surface area contributed by atoms with Gasteiger partial charge in [-0.2, -0.15) is 0 Å². The highest BCUT2D eigenvalue weighted by atomic mass is 79.9. The number of rotatable bonds is 5. The third-order valence-corrected chi connectivity index (χ3v) is 6.72. The molecule has 2 aromatic heterocycles. The SMILES string of the molecule is Cc1ccc(-c2ccc(/C=C3/SC(=Nc4ccccc4)N(Cc4ccco4)C3=O)o2)c(Br)c1. The molecule has 1 aliphatic heterocycles. The van der Waals surface area contributed by atoms with Crippen molar-refractivity contribution in [1.82, 2.24) is 4.90 Å². The van der Waals surface area contributed by atoms with E-state index >= 15 is 0 Å². The van der Waals surface area contributed by atoms with Gasteiger partial charge in [0.05, 0.1) is 23.4 Å². The predicted octanol–water partition coefficient (Wildman–Crippen LogP) is 7.41. The topological polar surface area (TPSA) is 59.0 Å². The summed E-state index contributed by atoms with van der Waals surface area (Å²) in [6, 6.07) is 23.1. The summed E-state index contributed by atoms with van der Waals surface area (Å²) in [7, 11) is 0. The Labute approximate surface area is 203 Å². The van der Waals surface area contributed by atoms with Gasteiger partial charge >= 0.3 is 0 Å². The van der Waals surface area contributed by atoms with Gasteiger partial charge in [0.15, 0.2) is 5.17 Å². The quantitative estimate of drug-likeness (QED) is 0.258. The molecule has 0 atom stereocenters. The molecule has 0 radical (unpaired) electrons. The Morgan fingerprint density at radius 2 is 1.91 bits per heavy atom. The van der Waals surface area contributed by atoms with Crippen LogP contribution in [0.25, 0.3) is 17.4 Å². The van der Waals surface area contributed by atoms with Crippen molar-refractivity contribution in [2.75, 3.05) is 0 Å². The van der Waals surface area contributed by atoms with E-state index in [1.807, 2.05) is 73.7 Å². The van der Waals surface area contributed by atoms with Crippen molar-refractivity contribution in [3.05, 3.63) is 106 Å². The van der Waals surface area contributed by atoms with E-state index in [1.54, 1.807) is 23.3 Å². The molecule has 2 aromatic carbocycles. The second-order valence-corrected chi connectivity index (χ2v) is 9.36. The summed E-state index contributed by atoms with van der Waals surface area (Å²) < 4.78 is 12.5. The van der Waals surface area contributed by atoms with Crippen molar-refractivity contribution in [1.29, 1.82) is 0 Å². The number of amidine groups is 1. The van der Waals surface area contributed by atoms with Crippen LogP contribution in [-0.4, -0.2) is 16.0 Å². The first kappa shape index (κ1) is 21.6. The predicted molar refractivity (Wildman–Crippen MR) is 135 cm³/mol. The van der Waals surface area contributed by atoms with Gasteiger partial charge in [0.25, 0.3) is 5.91 Å². The first-order valence-electron chi connectivity index (χ1n) is 10.3. The van der Waals surface area contributed by atoms with Gasteiger partial charge in [0.2, 0.25) is 0 Å². The zero-order chi connectivity index (χ0) is 22.8. The van der Waals surface area contributed by atoms with Crippen LogP contribution in [0.4, 0.5) is 5.69 Å². The van der Waals surface area contributed by atoms with E-state index in [0.717, 1.165) is 27.0 Å². The lowest BCUT2D eigenvalue weighted by molar-refractivity contribution is -0.122. The first-order chi connectivity index (χ1) is 16.1. The Hall–Kier alpha value is -3.29. The molecule has 5 rings (SSSR count). The van der Waals surface area contributed by atoms with Gasteiger partial charge in [0, 0.05) is 16.1 Å². The molecule has 0 saturated carbocycles. The van der Waals surface area contributed by atoms with Crippen LogP contribution in [0.2, 0.25) is 0 Å². The third-order valence-electron chi connectivity index (χ3n) is 5.05. The van der Waals surface area contributed by atoms with Gasteiger partial charge in [-0.25, -0.2) is 4.99 Å². The Kier molecular flexibility index (Phi) is 6.07. The minimum atomic E-state index is -0.138. The van der Waals surface area contributed by atoms with E-state index in [1.165, 1.54) is 11.8 Å². The van der Waals surface area contributed by atoms with Crippen LogP contribution in [0, 0.1) is 6.92 Å². The highest BCUT2D eigenvalue weighted by Gasteiger charge is 2.34. The molecule has 0 aliphatic carbocycles. The molecule has 1 saturated heterocycles. The molecule has 5 nitrogen and oxygen atoms in total. The minimum absolute atomic E-state index is 0.138. The molecule has 1 aliphatic rings. The van der Waals surface area contributed by atoms with Gasteiger partial charge in [-0.3, -0.25) is 9.69 Å². The Bertz CT molecular complexity index is 1360. The number of aliphatic imine (C=N–C) groups is 1. The second kappa shape index (κ2) is 9.29. The van der Waals surface area contributed by atoms with Gasteiger partial charge in [0.1, 0.15) is 17.3 Å². The third kappa shape index (κ3) is 4.74. The van der Waals surface area contributed by atoms with Crippen molar-refractivity contribution in [3.8, 4) is 11.3 Å². The van der Waals surface area contributed by atoms with E-state index in [0.29, 0.717) is 28.1 Å². The number of benzene rings is 2. The zero-order valence-electron chi connectivity index (χ0n) is 17.7. The van der Waals surface area contributed by atoms with Gasteiger partial charge in [-0.15, -0.1) is 0 Å². The maximum Gasteiger partial charge on any atom is 0.267 e. The highest BCUT2D eigenvalue weighted by molar-refractivity contribution is 9.10. The fourth-order valence-electron chi connectivity index (χ4n) is 3.43. The molecule has 0 bridgehead atoms. The number of hydrogen-bond acceptors (Lipinski definition) is 5. The number of carbonyl (C=O) groups is 1. The summed E-state index contributed by atoms with van der Waals surface area (Å²) in [5.74, 6) is 1.89. The number of thioether (sulfide) groups is 1. The summed E-state index contributed by atoms with van der Waals surface area (Å²) in [5, 5.41) is 0.599. The highest BCUT2D eigenvalue weighted by Crippen LogP contribution is 2.37. The number of furan rings is 2. The number of aryl methyl sites for hydroxylation is 1. The molecule has 4 aromatic rings. The molecule has 3 heterocycles. The van der Waals surface area contributed by atoms with Crippen molar-refractivity contribution in [2.24, 2.45) is 4.99 Å². The van der Waals surface area contributed by atoms with Gasteiger partial charge in [-0.1, -0.05) is 40.2 Å². The molecule has 7 heteroatoms. The summed E-state index contributed by atoms with van der Waals surface area (Å²) >= 11 is 4.93. The van der Waals surface area contributed by atoms with Crippen LogP contribution in [0.3, 0.4) is 0 Å². The smallest absolute Gasteiger partial charge is 0.267 e. The van der Waals surface area contributed by atoms with Gasteiger partial charge < -0.3 is 8.83 Å². The summed E-state index contributed by atoms with van der Waals surface area (Å²) in [6.45, 7) is 2.35. The number of carbonyl (C=O) groups excluding carboxylic acids is 1. The molecular weight excluding hydrogens is 500 g/mol. The van der Waals surface area contributed by atoms with Crippen LogP contribution >= 0.6 is 27.7 Å². The number of halogens is 1. The number of hydrogen-bond donors (Lipinski definition) is 0. The largest absolute Gasteiger partial charge is 0.467 e. The average molecular weight is 519 g/mol. The van der Waals surface area contributed by atoms with Crippen molar-refractivity contribution in [3.63, 3.8) is 0 Å². The van der Waals surface area contributed by atoms with Crippen molar-refractivity contribution >= 4 is 50.5 Å². The van der Waals surface area contributed by atoms with Crippen LogP contribution in [0.15, 0.2) is 102 Å². The number of para-hydroxylation sites is 1. The average Bonchev–Trinajstić information content (AvgIpc) is 3.54. The lowest BCUT2D eigenvalue weighted by atomic mass is 10.1. The fraction of sp³-hybridized carbons (Fsp3) is 0.0769. The molecule has 164 valence electrons. The Morgan fingerprint density at radius 1 is 1.06 bits per heavy atom. The lowest BCUT2D eigenvalue weighted by Gasteiger charge is -2.13. The van der Waals surface area contributed by atoms with E-state index < -0.39 is 0 Å². The van der Waals surface area contributed by atoms with Crippen LogP contribution in [-0.2, 0) is 11.3 Å². The maximum absolute atomic E-state index is 13.3. The molecule has 0 N–H and O–H groups in total. The summed E-state index contributed by atoms with van der Waals surface area (Å²) in [5.41, 5.74) is 2.90. The van der Waals surface area contributed by atoms with E-state index in [2.05, 4.69) is 15.9 Å². The number of nitrogens with zero attached hydrogens (tertiary/aromatic N) is 2. The lowest BCUT2D eigenvalue weighted by Crippen LogP contribution is -2.28. The second-order valence-electron chi connectivity index (χ2n) is 7.50. The Balaban J connectivity index is 1.46. The molecule has 0 spiro atoms. The maximum atomic E-state index is 13.3. The first-order valence-corrected chi connectivity index (χ1v) is 11.9. The van der Waals surface area contributed by atoms with E-state index in [9.17, 15) is 4.79 Å². The number of amides is 1. The van der Waals surface area contributed by atoms with Crippen molar-refractivity contribution in [2.45, 2.75) is 13.5 Å². The molecule has 1 amide bonds. The summed E-state index contributed by atoms with van der Waals surface area (Å²) in [4.78, 5) is 20.1. The standard InChI is InChI=1S/C26H19BrN2O3S/c1-17-9-11-21(22(27)14-17)23-12-10-19(32-23)15-24-25(30)29(16-20-8-5-13-31-20)26(33-24)28-18-6-3-2-4-7-18/h2-15H,16H2,1H3/b24-15+,28-26?. The zero-order valence-corrected chi connectivity index (χ0v) is 20.1. The van der Waals surface area contributed by atoms with E-state index in [4.69, 9.17) is 13.8 Å². The molecule has 1 fully saturated rings. The van der Waals surface area contributed by atoms with Crippen molar-refractivity contribution < 1.29 is 13.6 Å². The molecular formula is C26H19BrN2O3S. The van der Waals surface area contributed by atoms with Gasteiger partial charge in [-0.05, 0) is 72.8 Å². The van der Waals surface area contributed by atoms with Crippen LogP contribution in [0.1, 0.15) is 17.1 Å². The van der Waals surface area contributed by atoms with E-state index in [-0.39, 0.29) is 5.91 Å².